The van der Waals surface area contributed by atoms with E-state index in [1.54, 1.807) is 0 Å². The van der Waals surface area contributed by atoms with Gasteiger partial charge in [0.05, 0.1) is 24.9 Å². The molecule has 0 fully saturated rings. The van der Waals surface area contributed by atoms with E-state index in [1.807, 2.05) is 6.07 Å². The summed E-state index contributed by atoms with van der Waals surface area (Å²) in [6, 6.07) is 7.70. The van der Waals surface area contributed by atoms with Crippen LogP contribution in [0, 0.1) is 0 Å². The Labute approximate surface area is 140 Å². The van der Waals surface area contributed by atoms with Crippen LogP contribution in [-0.2, 0) is 17.6 Å². The Bertz CT molecular complexity index is 710. The Morgan fingerprint density at radius 1 is 1.12 bits per heavy atom. The fourth-order valence-electron chi connectivity index (χ4n) is 2.72. The molecule has 3 rings (SSSR count). The molecule has 1 heterocycles. The fraction of sp³-hybridized carbons (Fsp3) is 0.333. The van der Waals surface area contributed by atoms with Crippen molar-refractivity contribution in [1.82, 2.24) is 10.6 Å². The number of carbonyl (C=O) groups is 2. The van der Waals surface area contributed by atoms with Gasteiger partial charge in [0.1, 0.15) is 18.6 Å². The van der Waals surface area contributed by atoms with E-state index >= 15 is 0 Å². The molecular weight excluding hydrogens is 308 g/mol. The molecule has 2 amide bonds. The van der Waals surface area contributed by atoms with E-state index in [-0.39, 0.29) is 18.4 Å². The lowest BCUT2D eigenvalue weighted by molar-refractivity contribution is -0.120. The molecule has 2 N–H and O–H groups in total. The summed E-state index contributed by atoms with van der Waals surface area (Å²) in [5.74, 6) is 0.232. The zero-order valence-electron chi connectivity index (χ0n) is 13.3. The Morgan fingerprint density at radius 3 is 2.83 bits per heavy atom. The lowest BCUT2D eigenvalue weighted by Gasteiger charge is -2.09. The van der Waals surface area contributed by atoms with Crippen molar-refractivity contribution in [1.29, 1.82) is 0 Å². The number of amides is 2. The van der Waals surface area contributed by atoms with Crippen LogP contribution in [0.15, 0.2) is 41.2 Å². The molecule has 0 aliphatic heterocycles. The molecule has 0 spiro atoms. The van der Waals surface area contributed by atoms with Gasteiger partial charge in [-0.05, 0) is 48.6 Å². The number of fused-ring (bicyclic) bond motifs is 1. The summed E-state index contributed by atoms with van der Waals surface area (Å²) in [5.41, 5.74) is 3.16. The first kappa shape index (κ1) is 16.1. The van der Waals surface area contributed by atoms with Crippen LogP contribution in [-0.4, -0.2) is 31.5 Å². The van der Waals surface area contributed by atoms with Gasteiger partial charge in [0.25, 0.3) is 5.91 Å². The average molecular weight is 328 g/mol. The molecule has 0 saturated heterocycles. The number of carbonyl (C=O) groups excluding carboxylic acids is 2. The van der Waals surface area contributed by atoms with E-state index in [0.717, 1.165) is 18.6 Å². The van der Waals surface area contributed by atoms with Gasteiger partial charge in [-0.15, -0.1) is 0 Å². The summed E-state index contributed by atoms with van der Waals surface area (Å²) in [6.07, 6.45) is 6.21. The summed E-state index contributed by atoms with van der Waals surface area (Å²) >= 11 is 0. The largest absolute Gasteiger partial charge is 0.492 e. The van der Waals surface area contributed by atoms with Crippen LogP contribution in [0.5, 0.6) is 5.75 Å². The molecule has 1 aliphatic carbocycles. The average Bonchev–Trinajstić information content (AvgIpc) is 3.27. The zero-order chi connectivity index (χ0) is 16.8. The fourth-order valence-corrected chi connectivity index (χ4v) is 2.72. The van der Waals surface area contributed by atoms with Gasteiger partial charge >= 0.3 is 0 Å². The lowest BCUT2D eigenvalue weighted by Crippen LogP contribution is -2.38. The number of hydrogen-bond donors (Lipinski definition) is 2. The minimum Gasteiger partial charge on any atom is -0.492 e. The minimum atomic E-state index is -0.340. The molecule has 24 heavy (non-hydrogen) atoms. The highest BCUT2D eigenvalue weighted by Gasteiger charge is 2.11. The molecule has 6 heteroatoms. The molecule has 0 radical (unpaired) electrons. The maximum Gasteiger partial charge on any atom is 0.254 e. The third-order valence-corrected chi connectivity index (χ3v) is 3.96. The second-order valence-corrected chi connectivity index (χ2v) is 5.68. The standard InChI is InChI=1S/C18H20N2O4/c21-17(11-20-18(22)15-6-8-23-12-15)19-7-9-24-16-5-4-13-2-1-3-14(13)10-16/h4-6,8,10,12H,1-3,7,9,11H2,(H,19,21)(H,20,22). The first-order valence-electron chi connectivity index (χ1n) is 8.04. The van der Waals surface area contributed by atoms with E-state index in [9.17, 15) is 9.59 Å². The van der Waals surface area contributed by atoms with Crippen molar-refractivity contribution in [2.75, 3.05) is 19.7 Å². The molecule has 1 aliphatic rings. The molecule has 0 unspecified atom stereocenters. The van der Waals surface area contributed by atoms with Crippen LogP contribution >= 0.6 is 0 Å². The van der Waals surface area contributed by atoms with E-state index < -0.39 is 0 Å². The van der Waals surface area contributed by atoms with Crippen LogP contribution in [0.25, 0.3) is 0 Å². The molecule has 2 aromatic rings. The van der Waals surface area contributed by atoms with Gasteiger partial charge < -0.3 is 19.8 Å². The van der Waals surface area contributed by atoms with Crippen LogP contribution in [0.4, 0.5) is 0 Å². The highest BCUT2D eigenvalue weighted by molar-refractivity contribution is 5.96. The Kier molecular flexibility index (Phi) is 5.15. The van der Waals surface area contributed by atoms with Gasteiger partial charge in [-0.3, -0.25) is 9.59 Å². The highest BCUT2D eigenvalue weighted by atomic mass is 16.5. The topological polar surface area (TPSA) is 80.6 Å². The van der Waals surface area contributed by atoms with E-state index in [4.69, 9.17) is 9.15 Å². The summed E-state index contributed by atoms with van der Waals surface area (Å²) in [4.78, 5) is 23.3. The van der Waals surface area contributed by atoms with Crippen LogP contribution < -0.4 is 15.4 Å². The van der Waals surface area contributed by atoms with Crippen LogP contribution in [0.1, 0.15) is 27.9 Å². The molecule has 1 aromatic carbocycles. The van der Waals surface area contributed by atoms with Crippen molar-refractivity contribution in [3.63, 3.8) is 0 Å². The third kappa shape index (κ3) is 4.16. The minimum absolute atomic E-state index is 0.0805. The normalized spacial score (nSPS) is 12.5. The number of hydrogen-bond acceptors (Lipinski definition) is 4. The smallest absolute Gasteiger partial charge is 0.254 e. The number of rotatable bonds is 7. The molecular formula is C18H20N2O4. The maximum absolute atomic E-state index is 11.7. The molecule has 0 saturated carbocycles. The van der Waals surface area contributed by atoms with Crippen LogP contribution in [0.3, 0.4) is 0 Å². The number of furan rings is 1. The molecule has 126 valence electrons. The van der Waals surface area contributed by atoms with Crippen molar-refractivity contribution < 1.29 is 18.7 Å². The summed E-state index contributed by atoms with van der Waals surface area (Å²) < 4.78 is 10.5. The lowest BCUT2D eigenvalue weighted by atomic mass is 10.1. The Balaban J connectivity index is 1.33. The predicted molar refractivity (Wildman–Crippen MR) is 88.0 cm³/mol. The van der Waals surface area contributed by atoms with Gasteiger partial charge in [-0.1, -0.05) is 6.07 Å². The van der Waals surface area contributed by atoms with Gasteiger partial charge in [0.2, 0.25) is 5.91 Å². The first-order valence-corrected chi connectivity index (χ1v) is 8.04. The third-order valence-electron chi connectivity index (χ3n) is 3.96. The second-order valence-electron chi connectivity index (χ2n) is 5.68. The van der Waals surface area contributed by atoms with Gasteiger partial charge in [0, 0.05) is 0 Å². The van der Waals surface area contributed by atoms with Gasteiger partial charge in [-0.25, -0.2) is 0 Å². The summed E-state index contributed by atoms with van der Waals surface area (Å²) in [7, 11) is 0. The number of ether oxygens (including phenoxy) is 1. The molecule has 0 bridgehead atoms. The molecule has 1 aromatic heterocycles. The van der Waals surface area contributed by atoms with Crippen molar-refractivity contribution in [3.8, 4) is 5.75 Å². The number of nitrogens with one attached hydrogen (secondary N) is 2. The molecule has 0 atom stereocenters. The van der Waals surface area contributed by atoms with Crippen molar-refractivity contribution in [3.05, 3.63) is 53.5 Å². The Morgan fingerprint density at radius 2 is 2.00 bits per heavy atom. The van der Waals surface area contributed by atoms with Crippen molar-refractivity contribution >= 4 is 11.8 Å². The maximum atomic E-state index is 11.7. The van der Waals surface area contributed by atoms with E-state index in [2.05, 4.69) is 22.8 Å². The Hall–Kier alpha value is -2.76. The SMILES string of the molecule is O=C(CNC(=O)c1ccoc1)NCCOc1ccc2c(c1)CCC2. The number of benzene rings is 1. The summed E-state index contributed by atoms with van der Waals surface area (Å²) in [6.45, 7) is 0.695. The highest BCUT2D eigenvalue weighted by Crippen LogP contribution is 2.25. The monoisotopic (exact) mass is 328 g/mol. The quantitative estimate of drug-likeness (QED) is 0.758. The van der Waals surface area contributed by atoms with E-state index in [1.165, 1.54) is 36.1 Å². The van der Waals surface area contributed by atoms with Gasteiger partial charge in [-0.2, -0.15) is 0 Å². The first-order chi connectivity index (χ1) is 11.7. The van der Waals surface area contributed by atoms with Gasteiger partial charge in [0.15, 0.2) is 0 Å². The van der Waals surface area contributed by atoms with E-state index in [0.29, 0.717) is 18.7 Å². The van der Waals surface area contributed by atoms with Crippen molar-refractivity contribution in [2.45, 2.75) is 19.3 Å². The predicted octanol–water partition coefficient (Wildman–Crippen LogP) is 1.69. The van der Waals surface area contributed by atoms with Crippen molar-refractivity contribution in [2.24, 2.45) is 0 Å². The zero-order valence-corrected chi connectivity index (χ0v) is 13.3. The second kappa shape index (κ2) is 7.68. The molecule has 6 nitrogen and oxygen atoms in total. The summed E-state index contributed by atoms with van der Waals surface area (Å²) in [5, 5.41) is 5.22. The number of aryl methyl sites for hydroxylation is 2. The van der Waals surface area contributed by atoms with Crippen LogP contribution in [0.2, 0.25) is 0 Å².